The molecule has 3 aromatic rings. The molecule has 9 heteroatoms. The molecule has 144 valence electrons. The van der Waals surface area contributed by atoms with E-state index in [0.29, 0.717) is 16.7 Å². The van der Waals surface area contributed by atoms with Crippen LogP contribution in [0.3, 0.4) is 0 Å². The number of esters is 2. The molecule has 9 nitrogen and oxygen atoms in total. The molecule has 0 saturated carbocycles. The number of cyclic esters (lactones) is 2. The van der Waals surface area contributed by atoms with Crippen LogP contribution in [0.1, 0.15) is 23.0 Å². The lowest BCUT2D eigenvalue weighted by Gasteiger charge is -2.37. The van der Waals surface area contributed by atoms with Crippen LogP contribution >= 0.6 is 0 Å². The first kappa shape index (κ1) is 16.1. The number of hydrogen-bond acceptors (Lipinski definition) is 8. The number of aromatic hydroxyl groups is 2. The lowest BCUT2D eigenvalue weighted by molar-refractivity contribution is -0.153. The molecule has 0 radical (unpaired) electrons. The number of ether oxygens (including phenoxy) is 1. The van der Waals surface area contributed by atoms with Crippen molar-refractivity contribution in [2.45, 2.75) is 11.8 Å². The molecule has 2 N–H and O–H groups in total. The highest BCUT2D eigenvalue weighted by Crippen LogP contribution is 2.60. The fourth-order valence-corrected chi connectivity index (χ4v) is 4.72. The zero-order valence-electron chi connectivity index (χ0n) is 14.7. The maximum atomic E-state index is 12.2. The van der Waals surface area contributed by atoms with Crippen LogP contribution in [0, 0.1) is 11.8 Å². The van der Waals surface area contributed by atoms with Crippen LogP contribution in [-0.4, -0.2) is 36.9 Å². The normalized spacial score (nSPS) is 26.5. The van der Waals surface area contributed by atoms with Crippen molar-refractivity contribution in [2.24, 2.45) is 11.8 Å². The fraction of sp³-hybridized carbons (Fsp3) is 0.200. The number of rotatable bonds is 2. The Bertz CT molecular complexity index is 1170. The van der Waals surface area contributed by atoms with Gasteiger partial charge < -0.3 is 19.4 Å². The van der Waals surface area contributed by atoms with Crippen molar-refractivity contribution in [3.05, 3.63) is 53.6 Å². The first-order chi connectivity index (χ1) is 14.1. The van der Waals surface area contributed by atoms with Gasteiger partial charge in [-0.1, -0.05) is 35.4 Å². The first-order valence-corrected chi connectivity index (χ1v) is 9.06. The van der Waals surface area contributed by atoms with E-state index in [-0.39, 0.29) is 23.7 Å². The lowest BCUT2D eigenvalue weighted by Crippen LogP contribution is -2.36. The summed E-state index contributed by atoms with van der Waals surface area (Å²) in [5, 5.41) is 29.7. The van der Waals surface area contributed by atoms with E-state index in [2.05, 4.69) is 10.2 Å². The molecular weight excluding hydrogens is 378 g/mol. The van der Waals surface area contributed by atoms with Gasteiger partial charge in [-0.2, -0.15) is 0 Å². The van der Waals surface area contributed by atoms with E-state index >= 15 is 0 Å². The monoisotopic (exact) mass is 391 g/mol. The number of carbonyl (C=O) groups excluding carboxylic acids is 2. The minimum atomic E-state index is -0.714. The third-order valence-electron chi connectivity index (χ3n) is 5.92. The predicted molar refractivity (Wildman–Crippen MR) is 95.1 cm³/mol. The van der Waals surface area contributed by atoms with Crippen molar-refractivity contribution >= 4 is 11.9 Å². The summed E-state index contributed by atoms with van der Waals surface area (Å²) in [4.78, 5) is 24.4. The van der Waals surface area contributed by atoms with E-state index in [4.69, 9.17) is 9.15 Å². The Hall–Kier alpha value is -3.88. The summed E-state index contributed by atoms with van der Waals surface area (Å²) in [6.45, 7) is 0. The van der Waals surface area contributed by atoms with E-state index in [1.165, 1.54) is 0 Å². The van der Waals surface area contributed by atoms with E-state index in [9.17, 15) is 19.8 Å². The predicted octanol–water partition coefficient (Wildman–Crippen LogP) is 2.00. The molecule has 4 aliphatic rings. The van der Waals surface area contributed by atoms with E-state index in [1.807, 2.05) is 18.2 Å². The van der Waals surface area contributed by atoms with Gasteiger partial charge in [0.2, 0.25) is 17.7 Å². The minimum absolute atomic E-state index is 0.119. The SMILES string of the molecule is O=C1OC(=O)C2C3C=CC(c4c3c(O)n(-c3nnc(-c5ccccc5)o3)c4O)C12. The molecule has 3 heterocycles. The van der Waals surface area contributed by atoms with Gasteiger partial charge in [-0.3, -0.25) is 9.59 Å². The molecule has 0 spiro atoms. The Balaban J connectivity index is 1.51. The van der Waals surface area contributed by atoms with Gasteiger partial charge in [0.1, 0.15) is 0 Å². The molecular formula is C20H13N3O6. The van der Waals surface area contributed by atoms with Gasteiger partial charge >= 0.3 is 18.0 Å². The number of allylic oxidation sites excluding steroid dienone is 2. The topological polar surface area (TPSA) is 128 Å². The summed E-state index contributed by atoms with van der Waals surface area (Å²) >= 11 is 0. The Labute approximate surface area is 162 Å². The zero-order valence-corrected chi connectivity index (χ0v) is 14.7. The second-order valence-corrected chi connectivity index (χ2v) is 7.29. The molecule has 4 unspecified atom stereocenters. The number of aromatic nitrogens is 3. The molecule has 0 amide bonds. The van der Waals surface area contributed by atoms with Crippen molar-refractivity contribution in [1.82, 2.24) is 14.8 Å². The van der Waals surface area contributed by atoms with Crippen molar-refractivity contribution in [3.63, 3.8) is 0 Å². The van der Waals surface area contributed by atoms with Gasteiger partial charge in [-0.05, 0) is 12.1 Å². The summed E-state index contributed by atoms with van der Waals surface area (Å²) < 4.78 is 11.5. The molecule has 3 aliphatic carbocycles. The third kappa shape index (κ3) is 1.93. The Morgan fingerprint density at radius 3 is 2.03 bits per heavy atom. The van der Waals surface area contributed by atoms with E-state index < -0.39 is 35.6 Å². The van der Waals surface area contributed by atoms with Gasteiger partial charge in [-0.15, -0.1) is 5.10 Å². The summed E-state index contributed by atoms with van der Waals surface area (Å²) in [7, 11) is 0. The Morgan fingerprint density at radius 1 is 0.862 bits per heavy atom. The number of hydrogen-bond donors (Lipinski definition) is 2. The average molecular weight is 391 g/mol. The van der Waals surface area contributed by atoms with Crippen LogP contribution in [0.2, 0.25) is 0 Å². The van der Waals surface area contributed by atoms with Gasteiger partial charge in [0, 0.05) is 28.5 Å². The van der Waals surface area contributed by atoms with Crippen molar-refractivity contribution < 1.29 is 29.0 Å². The van der Waals surface area contributed by atoms with Crippen LogP contribution < -0.4 is 0 Å². The number of carbonyl (C=O) groups is 2. The summed E-state index contributed by atoms with van der Waals surface area (Å²) in [5.74, 6) is -4.19. The van der Waals surface area contributed by atoms with Gasteiger partial charge in [0.15, 0.2) is 0 Å². The van der Waals surface area contributed by atoms with E-state index in [1.54, 1.807) is 24.3 Å². The quantitative estimate of drug-likeness (QED) is 0.386. The third-order valence-corrected chi connectivity index (χ3v) is 5.92. The van der Waals surface area contributed by atoms with Crippen LogP contribution in [0.25, 0.3) is 17.5 Å². The molecule has 7 rings (SSSR count). The molecule has 29 heavy (non-hydrogen) atoms. The van der Waals surface area contributed by atoms with Gasteiger partial charge in [0.25, 0.3) is 0 Å². The second kappa shape index (κ2) is 5.34. The average Bonchev–Trinajstić information content (AvgIpc) is 3.40. The summed E-state index contributed by atoms with van der Waals surface area (Å²) in [6.07, 6.45) is 3.53. The molecule has 1 aliphatic heterocycles. The number of benzene rings is 1. The standard InChI is InChI=1S/C20H13N3O6/c24-16-11-9-6-7-10(14-13(9)18(26)29-19(14)27)12(11)17(25)23(16)20-22-21-15(28-20)8-4-2-1-3-5-8/h1-7,9-10,13-14,24-25H. The van der Waals surface area contributed by atoms with Crippen LogP contribution in [0.15, 0.2) is 46.9 Å². The fourth-order valence-electron chi connectivity index (χ4n) is 4.72. The Morgan fingerprint density at radius 2 is 1.45 bits per heavy atom. The largest absolute Gasteiger partial charge is 0.494 e. The number of nitrogens with zero attached hydrogens (tertiary/aromatic N) is 3. The molecule has 1 saturated heterocycles. The lowest BCUT2D eigenvalue weighted by atomic mass is 9.61. The molecule has 1 aromatic carbocycles. The highest BCUT2D eigenvalue weighted by molar-refractivity contribution is 5.99. The van der Waals surface area contributed by atoms with Gasteiger partial charge in [-0.25, -0.2) is 4.57 Å². The molecule has 1 fully saturated rings. The second-order valence-electron chi connectivity index (χ2n) is 7.29. The van der Waals surface area contributed by atoms with Crippen molar-refractivity contribution in [1.29, 1.82) is 0 Å². The highest BCUT2D eigenvalue weighted by atomic mass is 16.6. The van der Waals surface area contributed by atoms with Crippen molar-refractivity contribution in [3.8, 4) is 29.2 Å². The zero-order chi connectivity index (χ0) is 19.9. The molecule has 2 bridgehead atoms. The minimum Gasteiger partial charge on any atom is -0.494 e. The van der Waals surface area contributed by atoms with Crippen LogP contribution in [0.5, 0.6) is 11.8 Å². The maximum absolute atomic E-state index is 12.2. The van der Waals surface area contributed by atoms with Crippen molar-refractivity contribution in [2.75, 3.05) is 0 Å². The summed E-state index contributed by atoms with van der Waals surface area (Å²) in [5.41, 5.74) is 1.44. The molecule has 2 aromatic heterocycles. The maximum Gasteiger partial charge on any atom is 0.332 e. The highest BCUT2D eigenvalue weighted by Gasteiger charge is 2.59. The van der Waals surface area contributed by atoms with Gasteiger partial charge in [0.05, 0.1) is 11.8 Å². The first-order valence-electron chi connectivity index (χ1n) is 9.06. The smallest absolute Gasteiger partial charge is 0.332 e. The van der Waals surface area contributed by atoms with Crippen LogP contribution in [0.4, 0.5) is 0 Å². The Kier molecular flexibility index (Phi) is 2.97. The molecule has 4 atom stereocenters. The van der Waals surface area contributed by atoms with E-state index in [0.717, 1.165) is 4.57 Å². The van der Waals surface area contributed by atoms with Crippen LogP contribution in [-0.2, 0) is 14.3 Å². The summed E-state index contributed by atoms with van der Waals surface area (Å²) in [6, 6.07) is 8.96.